The molecule has 7 nitrogen and oxygen atoms in total. The molecule has 0 unspecified atom stereocenters. The predicted molar refractivity (Wildman–Crippen MR) is 81.9 cm³/mol. The number of carbonyl (C=O) groups excluding carboxylic acids is 1. The lowest BCUT2D eigenvalue weighted by Gasteiger charge is -2.09. The van der Waals surface area contributed by atoms with Crippen molar-refractivity contribution in [3.05, 3.63) is 54.6 Å². The van der Waals surface area contributed by atoms with Gasteiger partial charge in [0.25, 0.3) is 0 Å². The molecule has 116 valence electrons. The molecule has 0 heterocycles. The largest absolute Gasteiger partial charge is 0.508 e. The van der Waals surface area contributed by atoms with E-state index in [4.69, 9.17) is 5.11 Å². The van der Waals surface area contributed by atoms with Crippen LogP contribution in [0.15, 0.2) is 59.5 Å². The summed E-state index contributed by atoms with van der Waals surface area (Å²) in [5.74, 6) is 0.0848. The molecule has 4 N–H and O–H groups in total. The summed E-state index contributed by atoms with van der Waals surface area (Å²) < 4.78 is 26.1. The van der Waals surface area contributed by atoms with Gasteiger partial charge in [-0.25, -0.2) is 13.2 Å². The van der Waals surface area contributed by atoms with E-state index < -0.39 is 16.1 Å². The highest BCUT2D eigenvalue weighted by Gasteiger charge is 2.12. The fourth-order valence-electron chi connectivity index (χ4n) is 1.61. The topological polar surface area (TPSA) is 108 Å². The number of hydrogen-bond donors (Lipinski definition) is 4. The molecule has 0 aliphatic carbocycles. The van der Waals surface area contributed by atoms with Crippen molar-refractivity contribution >= 4 is 21.7 Å². The molecular weight excluding hydrogens is 306 g/mol. The van der Waals surface area contributed by atoms with E-state index in [-0.39, 0.29) is 17.3 Å². The highest BCUT2D eigenvalue weighted by molar-refractivity contribution is 7.89. The van der Waals surface area contributed by atoms with Crippen molar-refractivity contribution in [2.45, 2.75) is 4.90 Å². The predicted octanol–water partition coefficient (Wildman–Crippen LogP) is 1.45. The molecule has 0 atom stereocenters. The zero-order chi connectivity index (χ0) is 16.0. The molecule has 2 aromatic carbocycles. The highest BCUT2D eigenvalue weighted by atomic mass is 32.2. The molecule has 0 radical (unpaired) electrons. The van der Waals surface area contributed by atoms with Gasteiger partial charge in [0.05, 0.1) is 11.6 Å². The molecule has 0 bridgehead atoms. The van der Waals surface area contributed by atoms with Crippen LogP contribution in [0.1, 0.15) is 0 Å². The quantitative estimate of drug-likeness (QED) is 0.494. The van der Waals surface area contributed by atoms with E-state index in [9.17, 15) is 13.2 Å². The van der Waals surface area contributed by atoms with Crippen molar-refractivity contribution in [2.75, 3.05) is 12.0 Å². The molecule has 0 saturated heterocycles. The Morgan fingerprint density at radius 3 is 2.27 bits per heavy atom. The van der Waals surface area contributed by atoms with Gasteiger partial charge in [-0.2, -0.15) is 4.72 Å². The number of nitrogens with one attached hydrogen (secondary N) is 3. The van der Waals surface area contributed by atoms with E-state index in [0.29, 0.717) is 5.69 Å². The normalized spacial score (nSPS) is 10.9. The van der Waals surface area contributed by atoms with Crippen LogP contribution in [0.4, 0.5) is 10.5 Å². The standard InChI is InChI=1S/C14H15N3O4S/c18-12-8-6-11(7-9-12)17-14(19)15-10-16-22(20,21)13-4-2-1-3-5-13/h1-9,16,18H,10H2,(H2,15,17,19). The van der Waals surface area contributed by atoms with Crippen molar-refractivity contribution in [1.82, 2.24) is 10.0 Å². The van der Waals surface area contributed by atoms with E-state index in [1.54, 1.807) is 18.2 Å². The molecule has 22 heavy (non-hydrogen) atoms. The third-order valence-electron chi connectivity index (χ3n) is 2.69. The molecule has 0 aliphatic heterocycles. The van der Waals surface area contributed by atoms with Crippen LogP contribution >= 0.6 is 0 Å². The van der Waals surface area contributed by atoms with E-state index in [1.165, 1.54) is 36.4 Å². The fraction of sp³-hybridized carbons (Fsp3) is 0.0714. The summed E-state index contributed by atoms with van der Waals surface area (Å²) in [6, 6.07) is 13.2. The summed E-state index contributed by atoms with van der Waals surface area (Å²) >= 11 is 0. The number of benzene rings is 2. The number of carbonyl (C=O) groups is 1. The Kier molecular flexibility index (Phi) is 4.97. The SMILES string of the molecule is O=C(NCNS(=O)(=O)c1ccccc1)Nc1ccc(O)cc1. The van der Waals surface area contributed by atoms with Crippen LogP contribution in [0.25, 0.3) is 0 Å². The van der Waals surface area contributed by atoms with Gasteiger partial charge < -0.3 is 15.7 Å². The molecule has 8 heteroatoms. The minimum atomic E-state index is -3.66. The Morgan fingerprint density at radius 1 is 1.00 bits per heavy atom. The highest BCUT2D eigenvalue weighted by Crippen LogP contribution is 2.13. The molecule has 2 amide bonds. The second kappa shape index (κ2) is 6.92. The van der Waals surface area contributed by atoms with Crippen LogP contribution in [0, 0.1) is 0 Å². The number of hydrogen-bond acceptors (Lipinski definition) is 4. The van der Waals surface area contributed by atoms with E-state index in [1.807, 2.05) is 0 Å². The van der Waals surface area contributed by atoms with E-state index in [0.717, 1.165) is 0 Å². The molecule has 0 aromatic heterocycles. The molecule has 2 rings (SSSR count). The first-order valence-corrected chi connectivity index (χ1v) is 7.84. The maximum Gasteiger partial charge on any atom is 0.320 e. The maximum atomic E-state index is 11.9. The average Bonchev–Trinajstić information content (AvgIpc) is 2.50. The number of urea groups is 1. The molecule has 0 spiro atoms. The molecule has 0 saturated carbocycles. The number of amides is 2. The molecule has 2 aromatic rings. The first kappa shape index (κ1) is 15.8. The van der Waals surface area contributed by atoms with Gasteiger partial charge in [0, 0.05) is 5.69 Å². The summed E-state index contributed by atoms with van der Waals surface area (Å²) in [6.45, 7) is -0.249. The molecule has 0 aliphatic rings. The first-order valence-electron chi connectivity index (χ1n) is 6.36. The Bertz CT molecular complexity index is 730. The minimum absolute atomic E-state index is 0.0848. The van der Waals surface area contributed by atoms with Gasteiger partial charge in [-0.1, -0.05) is 18.2 Å². The number of phenols is 1. The van der Waals surface area contributed by atoms with Crippen molar-refractivity contribution in [3.63, 3.8) is 0 Å². The van der Waals surface area contributed by atoms with Gasteiger partial charge in [0.2, 0.25) is 10.0 Å². The van der Waals surface area contributed by atoms with Gasteiger partial charge >= 0.3 is 6.03 Å². The first-order chi connectivity index (χ1) is 10.5. The molecular formula is C14H15N3O4S. The number of phenolic OH excluding ortho intramolecular Hbond substituents is 1. The lowest BCUT2D eigenvalue weighted by atomic mass is 10.3. The van der Waals surface area contributed by atoms with Crippen LogP contribution in [-0.4, -0.2) is 26.2 Å². The van der Waals surface area contributed by atoms with Gasteiger partial charge in [-0.15, -0.1) is 0 Å². The summed E-state index contributed by atoms with van der Waals surface area (Å²) in [6.07, 6.45) is 0. The number of aromatic hydroxyl groups is 1. The van der Waals surface area contributed by atoms with E-state index in [2.05, 4.69) is 15.4 Å². The zero-order valence-corrected chi connectivity index (χ0v) is 12.3. The van der Waals surface area contributed by atoms with E-state index >= 15 is 0 Å². The van der Waals surface area contributed by atoms with Crippen LogP contribution in [0.5, 0.6) is 5.75 Å². The van der Waals surface area contributed by atoms with Gasteiger partial charge in [-0.05, 0) is 36.4 Å². The summed E-state index contributed by atoms with van der Waals surface area (Å²) in [5, 5.41) is 14.0. The summed E-state index contributed by atoms with van der Waals surface area (Å²) in [7, 11) is -3.66. The average molecular weight is 321 g/mol. The Balaban J connectivity index is 1.83. The van der Waals surface area contributed by atoms with Crippen molar-refractivity contribution in [1.29, 1.82) is 0 Å². The van der Waals surface area contributed by atoms with Gasteiger partial charge in [-0.3, -0.25) is 0 Å². The third kappa shape index (κ3) is 4.47. The lowest BCUT2D eigenvalue weighted by molar-refractivity contribution is 0.252. The summed E-state index contributed by atoms with van der Waals surface area (Å²) in [4.78, 5) is 11.7. The second-order valence-corrected chi connectivity index (χ2v) is 6.08. The smallest absolute Gasteiger partial charge is 0.320 e. The zero-order valence-electron chi connectivity index (χ0n) is 11.5. The Labute approximate surface area is 128 Å². The number of sulfonamides is 1. The van der Waals surface area contributed by atoms with Crippen LogP contribution in [0.3, 0.4) is 0 Å². The van der Waals surface area contributed by atoms with Crippen molar-refractivity contribution < 1.29 is 18.3 Å². The van der Waals surface area contributed by atoms with Crippen molar-refractivity contribution in [3.8, 4) is 5.75 Å². The van der Waals surface area contributed by atoms with Crippen LogP contribution in [0.2, 0.25) is 0 Å². The van der Waals surface area contributed by atoms with Gasteiger partial charge in [0.1, 0.15) is 5.75 Å². The fourth-order valence-corrected chi connectivity index (χ4v) is 2.56. The second-order valence-electron chi connectivity index (χ2n) is 4.32. The maximum absolute atomic E-state index is 11.9. The number of anilines is 1. The van der Waals surface area contributed by atoms with Crippen molar-refractivity contribution in [2.24, 2.45) is 0 Å². The van der Waals surface area contributed by atoms with Crippen LogP contribution < -0.4 is 15.4 Å². The summed E-state index contributed by atoms with van der Waals surface area (Å²) in [5.41, 5.74) is 0.473. The van der Waals surface area contributed by atoms with Gasteiger partial charge in [0.15, 0.2) is 0 Å². The molecule has 0 fully saturated rings. The lowest BCUT2D eigenvalue weighted by Crippen LogP contribution is -2.39. The van der Waals surface area contributed by atoms with Crippen LogP contribution in [-0.2, 0) is 10.0 Å². The monoisotopic (exact) mass is 321 g/mol. The minimum Gasteiger partial charge on any atom is -0.508 e. The number of rotatable bonds is 5. The Morgan fingerprint density at radius 2 is 1.64 bits per heavy atom. The Hall–Kier alpha value is -2.58. The third-order valence-corrected chi connectivity index (χ3v) is 4.11.